The molecule has 1 atom stereocenters. The Morgan fingerprint density at radius 3 is 2.18 bits per heavy atom. The third kappa shape index (κ3) is 6.71. The number of amides is 2. The molecule has 0 fully saturated rings. The lowest BCUT2D eigenvalue weighted by molar-refractivity contribution is -0.119. The minimum absolute atomic E-state index is 0.0544. The van der Waals surface area contributed by atoms with Gasteiger partial charge in [0.25, 0.3) is 0 Å². The van der Waals surface area contributed by atoms with Crippen molar-refractivity contribution < 1.29 is 14.1 Å². The van der Waals surface area contributed by atoms with Crippen molar-refractivity contribution in [2.75, 3.05) is 16.8 Å². The fourth-order valence-corrected chi connectivity index (χ4v) is 3.41. The zero-order valence-electron chi connectivity index (χ0n) is 17.1. The molecule has 0 spiro atoms. The van der Waals surface area contributed by atoms with Gasteiger partial charge in [-0.25, -0.2) is 0 Å². The Kier molecular flexibility index (Phi) is 8.11. The predicted molar refractivity (Wildman–Crippen MR) is 113 cm³/mol. The van der Waals surface area contributed by atoms with E-state index in [1.807, 2.05) is 0 Å². The molecule has 0 saturated carbocycles. The zero-order valence-corrected chi connectivity index (χ0v) is 17.9. The van der Waals surface area contributed by atoms with Crippen LogP contribution in [0.3, 0.4) is 0 Å². The van der Waals surface area contributed by atoms with Gasteiger partial charge in [0.2, 0.25) is 11.8 Å². The summed E-state index contributed by atoms with van der Waals surface area (Å²) in [6.45, 7) is 10.2. The fourth-order valence-electron chi connectivity index (χ4n) is 2.78. The number of aromatic nitrogens is 1. The number of nitrogens with one attached hydrogen (secondary N) is 2. The zero-order chi connectivity index (χ0) is 20.7. The lowest BCUT2D eigenvalue weighted by atomic mass is 9.93. The van der Waals surface area contributed by atoms with Crippen molar-refractivity contribution >= 4 is 29.4 Å². The summed E-state index contributed by atoms with van der Waals surface area (Å²) in [7, 11) is 0. The number of benzene rings is 1. The number of thioether (sulfide) groups is 1. The van der Waals surface area contributed by atoms with Crippen LogP contribution in [-0.4, -0.2) is 28.5 Å². The van der Waals surface area contributed by atoms with Crippen LogP contribution >= 0.6 is 11.8 Å². The number of carbonyl (C=O) groups excluding carboxylic acids is 2. The number of rotatable bonds is 9. The molecule has 0 bridgehead atoms. The Hall–Kier alpha value is -2.28. The Morgan fingerprint density at radius 2 is 1.64 bits per heavy atom. The minimum atomic E-state index is -0.212. The van der Waals surface area contributed by atoms with E-state index < -0.39 is 0 Å². The van der Waals surface area contributed by atoms with Crippen molar-refractivity contribution in [1.82, 2.24) is 10.5 Å². The van der Waals surface area contributed by atoms with E-state index in [1.165, 1.54) is 17.3 Å². The molecule has 0 aliphatic rings. The lowest BCUT2D eigenvalue weighted by Crippen LogP contribution is -2.33. The van der Waals surface area contributed by atoms with Crippen LogP contribution < -0.4 is 10.6 Å². The van der Waals surface area contributed by atoms with Crippen LogP contribution in [0.2, 0.25) is 0 Å². The first-order chi connectivity index (χ1) is 13.3. The maximum absolute atomic E-state index is 12.4. The molecule has 2 N–H and O–H groups in total. The Morgan fingerprint density at radius 1 is 1.04 bits per heavy atom. The quantitative estimate of drug-likeness (QED) is 0.652. The van der Waals surface area contributed by atoms with E-state index in [0.717, 1.165) is 5.56 Å². The topological polar surface area (TPSA) is 84.2 Å². The summed E-state index contributed by atoms with van der Waals surface area (Å²) < 4.78 is 4.90. The van der Waals surface area contributed by atoms with Gasteiger partial charge in [-0.15, -0.1) is 11.8 Å². The predicted octanol–water partition coefficient (Wildman–Crippen LogP) is 4.29. The molecule has 0 radical (unpaired) electrons. The van der Waals surface area contributed by atoms with Crippen molar-refractivity contribution in [2.45, 2.75) is 46.6 Å². The average Bonchev–Trinajstić information content (AvgIpc) is 3.04. The average molecular weight is 404 g/mol. The van der Waals surface area contributed by atoms with Crippen molar-refractivity contribution in [3.8, 4) is 0 Å². The summed E-state index contributed by atoms with van der Waals surface area (Å²) in [6, 6.07) is 9.99. The van der Waals surface area contributed by atoms with E-state index >= 15 is 0 Å². The highest BCUT2D eigenvalue weighted by atomic mass is 32.2. The summed E-state index contributed by atoms with van der Waals surface area (Å²) in [4.78, 5) is 24.3. The maximum atomic E-state index is 12.4. The number of aryl methyl sites for hydroxylation is 1. The molecule has 1 aromatic carbocycles. The van der Waals surface area contributed by atoms with E-state index in [0.29, 0.717) is 17.5 Å². The summed E-state index contributed by atoms with van der Waals surface area (Å²) in [6.07, 6.45) is 0. The molecule has 28 heavy (non-hydrogen) atoms. The smallest absolute Gasteiger partial charge is 0.235 e. The lowest BCUT2D eigenvalue weighted by Gasteiger charge is -2.23. The third-order valence-electron chi connectivity index (χ3n) is 4.31. The summed E-state index contributed by atoms with van der Waals surface area (Å²) in [5.74, 6) is 1.86. The first-order valence-electron chi connectivity index (χ1n) is 9.46. The second-order valence-electron chi connectivity index (χ2n) is 7.47. The molecule has 0 saturated heterocycles. The normalized spacial score (nSPS) is 12.2. The molecule has 6 nitrogen and oxygen atoms in total. The number of anilines is 1. The highest BCUT2D eigenvalue weighted by Crippen LogP contribution is 2.24. The third-order valence-corrected chi connectivity index (χ3v) is 5.24. The number of carbonyl (C=O) groups is 2. The second-order valence-corrected chi connectivity index (χ2v) is 8.46. The van der Waals surface area contributed by atoms with E-state index in [4.69, 9.17) is 4.52 Å². The van der Waals surface area contributed by atoms with Crippen LogP contribution in [-0.2, 0) is 9.59 Å². The second kappa shape index (κ2) is 10.3. The molecular formula is C21H29N3O3S. The van der Waals surface area contributed by atoms with Crippen LogP contribution in [0.15, 0.2) is 34.9 Å². The fraction of sp³-hybridized carbons (Fsp3) is 0.476. The Bertz CT molecular complexity index is 784. The van der Waals surface area contributed by atoms with Crippen molar-refractivity contribution in [3.05, 3.63) is 47.2 Å². The van der Waals surface area contributed by atoms with Gasteiger partial charge in [0.1, 0.15) is 5.76 Å². The minimum Gasteiger partial charge on any atom is -0.360 e. The van der Waals surface area contributed by atoms with Crippen molar-refractivity contribution in [1.29, 1.82) is 0 Å². The highest BCUT2D eigenvalue weighted by molar-refractivity contribution is 8.00. The molecule has 1 aromatic heterocycles. The van der Waals surface area contributed by atoms with Gasteiger partial charge >= 0.3 is 0 Å². The molecule has 1 unspecified atom stereocenters. The number of nitrogens with zero attached hydrogens (tertiary/aromatic N) is 1. The van der Waals surface area contributed by atoms with Gasteiger partial charge in [-0.1, -0.05) is 57.1 Å². The van der Waals surface area contributed by atoms with Crippen LogP contribution in [0.25, 0.3) is 0 Å². The molecule has 2 amide bonds. The van der Waals surface area contributed by atoms with E-state index in [2.05, 4.69) is 67.8 Å². The summed E-state index contributed by atoms with van der Waals surface area (Å²) in [5.41, 5.74) is 2.37. The summed E-state index contributed by atoms with van der Waals surface area (Å²) >= 11 is 1.27. The highest BCUT2D eigenvalue weighted by Gasteiger charge is 2.19. The van der Waals surface area contributed by atoms with Crippen molar-refractivity contribution in [3.63, 3.8) is 0 Å². The Balaban J connectivity index is 1.82. The van der Waals surface area contributed by atoms with Gasteiger partial charge in [0, 0.05) is 6.07 Å². The van der Waals surface area contributed by atoms with Crippen LogP contribution in [0, 0.1) is 12.8 Å². The first kappa shape index (κ1) is 22.0. The van der Waals surface area contributed by atoms with Crippen LogP contribution in [0.5, 0.6) is 0 Å². The molecule has 0 aliphatic carbocycles. The van der Waals surface area contributed by atoms with E-state index in [9.17, 15) is 9.59 Å². The Labute approximate surface area is 170 Å². The van der Waals surface area contributed by atoms with E-state index in [1.54, 1.807) is 13.0 Å². The van der Waals surface area contributed by atoms with Gasteiger partial charge < -0.3 is 15.2 Å². The molecule has 7 heteroatoms. The standard InChI is InChI=1S/C21H29N3O3S/c1-13(2)16-6-8-17(9-7-16)21(14(3)4)23-20(26)12-28-11-19(25)22-18-10-15(5)27-24-18/h6-10,13-14,21H,11-12H2,1-5H3,(H,23,26)(H,22,24,25). The monoisotopic (exact) mass is 403 g/mol. The van der Waals surface area contributed by atoms with Gasteiger partial charge in [0.05, 0.1) is 17.5 Å². The molecular weight excluding hydrogens is 374 g/mol. The largest absolute Gasteiger partial charge is 0.360 e. The van der Waals surface area contributed by atoms with Gasteiger partial charge in [0.15, 0.2) is 5.82 Å². The van der Waals surface area contributed by atoms with Crippen LogP contribution in [0.1, 0.15) is 56.5 Å². The molecule has 2 aromatic rings. The van der Waals surface area contributed by atoms with Crippen molar-refractivity contribution in [2.24, 2.45) is 5.92 Å². The number of hydrogen-bond acceptors (Lipinski definition) is 5. The first-order valence-corrected chi connectivity index (χ1v) is 10.6. The van der Waals surface area contributed by atoms with Crippen LogP contribution in [0.4, 0.5) is 5.82 Å². The SMILES string of the molecule is Cc1cc(NC(=O)CSCC(=O)NC(c2ccc(C(C)C)cc2)C(C)C)no1. The molecule has 152 valence electrons. The number of hydrogen-bond donors (Lipinski definition) is 2. The van der Waals surface area contributed by atoms with Gasteiger partial charge in [-0.3, -0.25) is 9.59 Å². The van der Waals surface area contributed by atoms with Gasteiger partial charge in [-0.05, 0) is 29.9 Å². The molecule has 2 rings (SSSR count). The van der Waals surface area contributed by atoms with E-state index in [-0.39, 0.29) is 35.3 Å². The summed E-state index contributed by atoms with van der Waals surface area (Å²) in [5, 5.41) is 9.44. The maximum Gasteiger partial charge on any atom is 0.235 e. The van der Waals surface area contributed by atoms with Gasteiger partial charge in [-0.2, -0.15) is 0 Å². The molecule has 0 aliphatic heterocycles. The molecule has 1 heterocycles.